The third-order valence-corrected chi connectivity index (χ3v) is 10.0. The van der Waals surface area contributed by atoms with Crippen molar-refractivity contribution in [1.29, 1.82) is 0 Å². The van der Waals surface area contributed by atoms with E-state index in [0.717, 1.165) is 70.6 Å². The van der Waals surface area contributed by atoms with Gasteiger partial charge in [0.2, 0.25) is 5.91 Å². The Labute approximate surface area is 288 Å². The van der Waals surface area contributed by atoms with Crippen LogP contribution in [0, 0.1) is 11.8 Å². The summed E-state index contributed by atoms with van der Waals surface area (Å²) in [6.45, 7) is 4.09. The first-order valence-corrected chi connectivity index (χ1v) is 19.8. The molecule has 6 N–H and O–H groups in total. The summed E-state index contributed by atoms with van der Waals surface area (Å²) < 4.78 is 0. The molecule has 0 unspecified atom stereocenters. The molecule has 276 valence electrons. The molecule has 7 nitrogen and oxygen atoms in total. The zero-order valence-electron chi connectivity index (χ0n) is 30.4. The first-order chi connectivity index (χ1) is 22.8. The first kappa shape index (κ1) is 43.8. The van der Waals surface area contributed by atoms with Crippen LogP contribution in [0.4, 0.5) is 0 Å². The molecule has 1 amide bonds. The van der Waals surface area contributed by atoms with Crippen LogP contribution in [0.5, 0.6) is 0 Å². The molecule has 7 heteroatoms. The van der Waals surface area contributed by atoms with E-state index in [-0.39, 0.29) is 24.3 Å². The minimum Gasteiger partial charge on any atom is -0.394 e. The molecule has 47 heavy (non-hydrogen) atoms. The van der Waals surface area contributed by atoms with Gasteiger partial charge in [0.15, 0.2) is 0 Å². The molecular weight excluding hydrogens is 590 g/mol. The highest BCUT2D eigenvalue weighted by molar-refractivity contribution is 5.76. The van der Waals surface area contributed by atoms with Gasteiger partial charge in [-0.1, -0.05) is 154 Å². The van der Waals surface area contributed by atoms with Crippen LogP contribution in [0.1, 0.15) is 174 Å². The van der Waals surface area contributed by atoms with Gasteiger partial charge in [-0.05, 0) is 38.0 Å². The van der Waals surface area contributed by atoms with E-state index in [1.807, 2.05) is 12.2 Å². The number of allylic oxidation sites excluding steroid dienone is 1. The summed E-state index contributed by atoms with van der Waals surface area (Å²) in [6.07, 6.45) is 31.8. The summed E-state index contributed by atoms with van der Waals surface area (Å²) in [6, 6.07) is -0.698. The molecule has 7 atom stereocenters. The highest BCUT2D eigenvalue weighted by Gasteiger charge is 2.39. The highest BCUT2D eigenvalue weighted by Crippen LogP contribution is 2.37. The smallest absolute Gasteiger partial charge is 0.220 e. The monoisotopic (exact) mass is 666 g/mol. The van der Waals surface area contributed by atoms with E-state index in [1.54, 1.807) is 12.2 Å². The van der Waals surface area contributed by atoms with Crippen LogP contribution in [-0.2, 0) is 4.79 Å². The third kappa shape index (κ3) is 22.2. The molecule has 0 heterocycles. The van der Waals surface area contributed by atoms with Crippen LogP contribution < -0.4 is 5.32 Å². The van der Waals surface area contributed by atoms with E-state index in [9.17, 15) is 30.3 Å². The molecule has 1 aliphatic carbocycles. The second kappa shape index (κ2) is 29.6. The van der Waals surface area contributed by atoms with Crippen LogP contribution >= 0.6 is 0 Å². The minimum absolute atomic E-state index is 0.0169. The van der Waals surface area contributed by atoms with Gasteiger partial charge in [0.25, 0.3) is 0 Å². The molecule has 0 aromatic carbocycles. The Morgan fingerprint density at radius 2 is 1.28 bits per heavy atom. The maximum atomic E-state index is 12.5. The predicted octanol–water partition coefficient (Wildman–Crippen LogP) is 8.06. The van der Waals surface area contributed by atoms with Crippen LogP contribution in [-0.4, -0.2) is 68.5 Å². The van der Waals surface area contributed by atoms with Gasteiger partial charge in [-0.2, -0.15) is 0 Å². The Hall–Kier alpha value is -1.25. The average molecular weight is 666 g/mol. The lowest BCUT2D eigenvalue weighted by Crippen LogP contribution is -2.45. The SMILES string of the molecule is CCCCCCCCCCCCCCC/C=C/[C@@H](O)[C@H](CO)NC(=O)CCCCCC[C@@H]1[C@@H](/C=C/[C@@H](O)CCCCC)[C@H](O)C[C@@H]1O. The molecule has 0 saturated heterocycles. The van der Waals surface area contributed by atoms with Crippen LogP contribution in [0.2, 0.25) is 0 Å². The van der Waals surface area contributed by atoms with Crippen molar-refractivity contribution in [3.8, 4) is 0 Å². The Kier molecular flexibility index (Phi) is 27.6. The van der Waals surface area contributed by atoms with Crippen molar-refractivity contribution in [2.45, 2.75) is 205 Å². The first-order valence-electron chi connectivity index (χ1n) is 19.8. The van der Waals surface area contributed by atoms with Crippen molar-refractivity contribution >= 4 is 5.91 Å². The normalized spacial score (nSPS) is 21.9. The highest BCUT2D eigenvalue weighted by atomic mass is 16.3. The molecular formula is C40H75NO6. The van der Waals surface area contributed by atoms with Crippen LogP contribution in [0.25, 0.3) is 0 Å². The summed E-state index contributed by atoms with van der Waals surface area (Å²) in [5.41, 5.74) is 0. The zero-order chi connectivity index (χ0) is 34.5. The van der Waals surface area contributed by atoms with Crippen molar-refractivity contribution in [3.63, 3.8) is 0 Å². The number of aliphatic hydroxyl groups is 5. The molecule has 0 aromatic heterocycles. The van der Waals surface area contributed by atoms with Crippen molar-refractivity contribution in [1.82, 2.24) is 5.32 Å². The third-order valence-electron chi connectivity index (χ3n) is 10.0. The van der Waals surface area contributed by atoms with Gasteiger partial charge in [0.1, 0.15) is 0 Å². The number of amides is 1. The quantitative estimate of drug-likeness (QED) is 0.0328. The second-order valence-corrected chi connectivity index (χ2v) is 14.3. The van der Waals surface area contributed by atoms with Gasteiger partial charge < -0.3 is 30.8 Å². The van der Waals surface area contributed by atoms with Crippen molar-refractivity contribution in [3.05, 3.63) is 24.3 Å². The van der Waals surface area contributed by atoms with Crippen LogP contribution in [0.15, 0.2) is 24.3 Å². The Bertz CT molecular complexity index is 789. The fourth-order valence-corrected chi connectivity index (χ4v) is 6.92. The molecule has 0 aliphatic heterocycles. The summed E-state index contributed by atoms with van der Waals surface area (Å²) in [5.74, 6) is -0.316. The van der Waals surface area contributed by atoms with Gasteiger partial charge in [0, 0.05) is 18.8 Å². The van der Waals surface area contributed by atoms with E-state index in [0.29, 0.717) is 12.8 Å². The summed E-state index contributed by atoms with van der Waals surface area (Å²) in [5, 5.41) is 54.2. The molecule has 0 bridgehead atoms. The van der Waals surface area contributed by atoms with Crippen LogP contribution in [0.3, 0.4) is 0 Å². The lowest BCUT2D eigenvalue weighted by molar-refractivity contribution is -0.123. The number of aliphatic hydroxyl groups excluding tert-OH is 5. The number of unbranched alkanes of at least 4 members (excludes halogenated alkanes) is 18. The Morgan fingerprint density at radius 3 is 1.89 bits per heavy atom. The number of hydrogen-bond acceptors (Lipinski definition) is 6. The van der Waals surface area contributed by atoms with Gasteiger partial charge in [-0.15, -0.1) is 0 Å². The molecule has 0 spiro atoms. The van der Waals surface area contributed by atoms with E-state index in [2.05, 4.69) is 19.2 Å². The molecule has 1 fully saturated rings. The standard InChI is InChI=1S/C40H75NO6/c1-3-5-7-8-9-10-11-12-13-14-15-16-17-18-23-27-37(44)36(32-42)41-40(47)28-24-20-19-22-26-34-35(39(46)31-38(34)45)30-29-33(43)25-21-6-4-2/h23,27,29-30,33-39,42-46H,3-22,24-26,28,31-32H2,1-2H3,(H,41,47)/b27-23+,30-29+/t33-,34+,35+,36-,37+,38-,39+/m0/s1. The number of nitrogens with one attached hydrogen (secondary N) is 1. The summed E-state index contributed by atoms with van der Waals surface area (Å²) in [7, 11) is 0. The van der Waals surface area contributed by atoms with Gasteiger partial charge in [-0.3, -0.25) is 4.79 Å². The largest absolute Gasteiger partial charge is 0.394 e. The fraction of sp³-hybridized carbons (Fsp3) is 0.875. The second-order valence-electron chi connectivity index (χ2n) is 14.3. The number of rotatable bonds is 31. The maximum absolute atomic E-state index is 12.5. The molecule has 1 saturated carbocycles. The summed E-state index contributed by atoms with van der Waals surface area (Å²) >= 11 is 0. The Balaban J connectivity index is 2.14. The van der Waals surface area contributed by atoms with Crippen molar-refractivity contribution < 1.29 is 30.3 Å². The summed E-state index contributed by atoms with van der Waals surface area (Å²) in [4.78, 5) is 12.5. The number of carbonyl (C=O) groups is 1. The van der Waals surface area contributed by atoms with Gasteiger partial charge >= 0.3 is 0 Å². The van der Waals surface area contributed by atoms with E-state index >= 15 is 0 Å². The van der Waals surface area contributed by atoms with E-state index < -0.39 is 30.5 Å². The number of carbonyl (C=O) groups excluding carboxylic acids is 1. The van der Waals surface area contributed by atoms with E-state index in [1.165, 1.54) is 77.0 Å². The minimum atomic E-state index is -0.904. The molecule has 1 aliphatic rings. The molecule has 0 aromatic rings. The van der Waals surface area contributed by atoms with Crippen molar-refractivity contribution in [2.24, 2.45) is 11.8 Å². The van der Waals surface area contributed by atoms with Gasteiger partial charge in [0.05, 0.1) is 37.1 Å². The lowest BCUT2D eigenvalue weighted by Gasteiger charge is -2.21. The molecule has 1 rings (SSSR count). The van der Waals surface area contributed by atoms with E-state index in [4.69, 9.17) is 0 Å². The predicted molar refractivity (Wildman–Crippen MR) is 195 cm³/mol. The topological polar surface area (TPSA) is 130 Å². The maximum Gasteiger partial charge on any atom is 0.220 e. The lowest BCUT2D eigenvalue weighted by atomic mass is 9.88. The average Bonchev–Trinajstić information content (AvgIpc) is 3.33. The zero-order valence-corrected chi connectivity index (χ0v) is 30.4. The number of hydrogen-bond donors (Lipinski definition) is 6. The van der Waals surface area contributed by atoms with Crippen molar-refractivity contribution in [2.75, 3.05) is 6.61 Å². The Morgan fingerprint density at radius 1 is 0.723 bits per heavy atom. The fourth-order valence-electron chi connectivity index (χ4n) is 6.92. The molecule has 0 radical (unpaired) electrons. The van der Waals surface area contributed by atoms with Gasteiger partial charge in [-0.25, -0.2) is 0 Å².